The van der Waals surface area contributed by atoms with Gasteiger partial charge in [-0.2, -0.15) is 5.26 Å². The van der Waals surface area contributed by atoms with Crippen LogP contribution in [0.2, 0.25) is 0 Å². The second-order valence-electron chi connectivity index (χ2n) is 12.2. The lowest BCUT2D eigenvalue weighted by molar-refractivity contribution is 0.0925. The summed E-state index contributed by atoms with van der Waals surface area (Å²) >= 11 is 0. The molecule has 0 saturated heterocycles. The molecule has 8 nitrogen and oxygen atoms in total. The first-order chi connectivity index (χ1) is 23.8. The zero-order chi connectivity index (χ0) is 34.0. The number of fused-ring (bicyclic) bond motifs is 4. The van der Waals surface area contributed by atoms with E-state index in [1.54, 1.807) is 49.1 Å². The van der Waals surface area contributed by atoms with Gasteiger partial charge in [-0.25, -0.2) is 9.74 Å². The van der Waals surface area contributed by atoms with Gasteiger partial charge in [0.05, 0.1) is 51.7 Å². The number of nitrogens with zero attached hydrogens (tertiary/aromatic N) is 6. The van der Waals surface area contributed by atoms with Crippen LogP contribution >= 0.6 is 0 Å². The molecule has 232 valence electrons. The highest BCUT2D eigenvalue weighted by molar-refractivity contribution is 6.36. The van der Waals surface area contributed by atoms with Crippen LogP contribution in [0.25, 0.3) is 54.6 Å². The highest BCUT2D eigenvalue weighted by atomic mass is 16.2. The fraction of sp³-hybridized carbons (Fsp3) is 0.0732. The zero-order valence-electron chi connectivity index (χ0n) is 26.8. The molecular weight excluding hydrogens is 608 g/mol. The van der Waals surface area contributed by atoms with Crippen LogP contribution in [0.3, 0.4) is 0 Å². The van der Waals surface area contributed by atoms with Crippen molar-refractivity contribution in [2.24, 2.45) is 0 Å². The van der Waals surface area contributed by atoms with Gasteiger partial charge in [0.1, 0.15) is 0 Å². The van der Waals surface area contributed by atoms with Crippen LogP contribution in [0.4, 0.5) is 11.4 Å². The predicted octanol–water partition coefficient (Wildman–Crippen LogP) is 9.06. The topological polar surface area (TPSA) is 96.2 Å². The van der Waals surface area contributed by atoms with Gasteiger partial charge in [-0.3, -0.25) is 19.6 Å². The van der Waals surface area contributed by atoms with E-state index in [0.29, 0.717) is 44.9 Å². The summed E-state index contributed by atoms with van der Waals surface area (Å²) in [7, 11) is 0. The maximum atomic E-state index is 14.5. The first-order valence-corrected chi connectivity index (χ1v) is 15.6. The molecule has 0 bridgehead atoms. The van der Waals surface area contributed by atoms with Crippen molar-refractivity contribution in [1.29, 1.82) is 5.26 Å². The molecule has 8 rings (SSSR count). The van der Waals surface area contributed by atoms with Crippen molar-refractivity contribution in [3.63, 3.8) is 0 Å². The number of amides is 2. The number of rotatable bonds is 4. The second-order valence-corrected chi connectivity index (χ2v) is 12.2. The summed E-state index contributed by atoms with van der Waals surface area (Å²) < 4.78 is 2.01. The number of carbonyl (C=O) groups is 2. The molecule has 49 heavy (non-hydrogen) atoms. The Morgan fingerprint density at radius 3 is 2.02 bits per heavy atom. The molecule has 1 aliphatic heterocycles. The maximum absolute atomic E-state index is 14.5. The molecule has 0 unspecified atom stereocenters. The van der Waals surface area contributed by atoms with Crippen LogP contribution in [0, 0.1) is 38.7 Å². The van der Waals surface area contributed by atoms with Crippen LogP contribution < -0.4 is 4.90 Å². The van der Waals surface area contributed by atoms with E-state index in [1.807, 2.05) is 79.9 Å². The van der Waals surface area contributed by atoms with Gasteiger partial charge in [0.25, 0.3) is 11.8 Å². The van der Waals surface area contributed by atoms with Crippen molar-refractivity contribution in [3.8, 4) is 34.0 Å². The number of nitriles is 1. The molecule has 3 aromatic heterocycles. The average Bonchev–Trinajstić information content (AvgIpc) is 3.57. The van der Waals surface area contributed by atoms with Gasteiger partial charge >= 0.3 is 0 Å². The third-order valence-electron chi connectivity index (χ3n) is 9.24. The van der Waals surface area contributed by atoms with Gasteiger partial charge in [-0.05, 0) is 79.4 Å². The number of aryl methyl sites for hydroxylation is 3. The van der Waals surface area contributed by atoms with Gasteiger partial charge in [0, 0.05) is 46.7 Å². The molecule has 1 aliphatic rings. The fourth-order valence-corrected chi connectivity index (χ4v) is 7.22. The number of hydrogen-bond acceptors (Lipinski definition) is 5. The maximum Gasteiger partial charge on any atom is 0.268 e. The lowest BCUT2D eigenvalue weighted by Gasteiger charge is -2.20. The molecular formula is C41H26N6O2. The molecule has 4 aromatic carbocycles. The SMILES string of the molecule is [C-]#[N+]c1ccncc1-c1ccc2c3ccc(-c4cnccc4C#N)cc3n(-c3cccc4c3C(=O)N(c3c(C)cc(C)cc3C)C4=O)c2c1. The predicted molar refractivity (Wildman–Crippen MR) is 190 cm³/mol. The normalized spacial score (nSPS) is 12.4. The Kier molecular flexibility index (Phi) is 6.69. The van der Waals surface area contributed by atoms with Crippen LogP contribution in [-0.4, -0.2) is 26.3 Å². The lowest BCUT2D eigenvalue weighted by atomic mass is 10.0. The van der Waals surface area contributed by atoms with Crippen LogP contribution in [0.15, 0.2) is 104 Å². The lowest BCUT2D eigenvalue weighted by Crippen LogP contribution is -2.31. The molecule has 0 radical (unpaired) electrons. The minimum atomic E-state index is -0.394. The van der Waals surface area contributed by atoms with Gasteiger partial charge < -0.3 is 4.57 Å². The van der Waals surface area contributed by atoms with E-state index in [9.17, 15) is 14.9 Å². The van der Waals surface area contributed by atoms with Crippen molar-refractivity contribution in [1.82, 2.24) is 14.5 Å². The quantitative estimate of drug-likeness (QED) is 0.142. The molecule has 4 heterocycles. The van der Waals surface area contributed by atoms with E-state index in [-0.39, 0.29) is 5.91 Å². The Morgan fingerprint density at radius 2 is 1.37 bits per heavy atom. The summed E-state index contributed by atoms with van der Waals surface area (Å²) in [5.74, 6) is -0.764. The summed E-state index contributed by atoms with van der Waals surface area (Å²) in [5, 5.41) is 11.7. The minimum absolute atomic E-state index is 0.309. The van der Waals surface area contributed by atoms with E-state index in [0.717, 1.165) is 49.6 Å². The van der Waals surface area contributed by atoms with Crippen LogP contribution in [-0.2, 0) is 0 Å². The van der Waals surface area contributed by atoms with Gasteiger partial charge in [0.15, 0.2) is 5.69 Å². The average molecular weight is 635 g/mol. The fourth-order valence-electron chi connectivity index (χ4n) is 7.22. The molecule has 7 aromatic rings. The Hall–Kier alpha value is -6.90. The van der Waals surface area contributed by atoms with Crippen molar-refractivity contribution < 1.29 is 9.59 Å². The number of imide groups is 1. The van der Waals surface area contributed by atoms with Gasteiger partial charge in [-0.15, -0.1) is 0 Å². The molecule has 0 spiro atoms. The summed E-state index contributed by atoms with van der Waals surface area (Å²) in [4.78, 5) is 42.2. The smallest absolute Gasteiger partial charge is 0.268 e. The van der Waals surface area contributed by atoms with Crippen LogP contribution in [0.1, 0.15) is 43.0 Å². The molecule has 0 aliphatic carbocycles. The number of benzene rings is 4. The number of anilines is 1. The first-order valence-electron chi connectivity index (χ1n) is 15.6. The van der Waals surface area contributed by atoms with E-state index in [1.165, 1.54) is 4.90 Å². The number of hydrogen-bond donors (Lipinski definition) is 0. The largest absolute Gasteiger partial charge is 0.308 e. The third kappa shape index (κ3) is 4.43. The van der Waals surface area contributed by atoms with E-state index >= 15 is 0 Å². The molecule has 2 amide bonds. The van der Waals surface area contributed by atoms with Gasteiger partial charge in [0.2, 0.25) is 0 Å². The Bertz CT molecular complexity index is 2530. The second kappa shape index (κ2) is 11.1. The Labute approximate surface area is 282 Å². The summed E-state index contributed by atoms with van der Waals surface area (Å²) in [6.45, 7) is 13.6. The number of carbonyl (C=O) groups excluding carboxylic acids is 2. The van der Waals surface area contributed by atoms with Crippen molar-refractivity contribution in [2.45, 2.75) is 20.8 Å². The third-order valence-corrected chi connectivity index (χ3v) is 9.24. The van der Waals surface area contributed by atoms with Gasteiger partial charge in [-0.1, -0.05) is 48.0 Å². The van der Waals surface area contributed by atoms with Crippen LogP contribution in [0.5, 0.6) is 0 Å². The minimum Gasteiger partial charge on any atom is -0.308 e. The van der Waals surface area contributed by atoms with E-state index < -0.39 is 5.91 Å². The van der Waals surface area contributed by atoms with E-state index in [2.05, 4.69) is 20.9 Å². The molecule has 0 saturated carbocycles. The van der Waals surface area contributed by atoms with Crippen molar-refractivity contribution in [3.05, 3.63) is 148 Å². The summed E-state index contributed by atoms with van der Waals surface area (Å²) in [5.41, 5.74) is 9.99. The number of aromatic nitrogens is 3. The summed E-state index contributed by atoms with van der Waals surface area (Å²) in [6, 6.07) is 26.9. The van der Waals surface area contributed by atoms with Crippen molar-refractivity contribution in [2.75, 3.05) is 4.90 Å². The number of pyridine rings is 2. The zero-order valence-corrected chi connectivity index (χ0v) is 26.8. The monoisotopic (exact) mass is 634 g/mol. The highest BCUT2D eigenvalue weighted by Crippen LogP contribution is 2.42. The first kappa shape index (κ1) is 29.5. The standard InChI is InChI=1S/C41H26N6O2/c1-23-16-24(2)39(25(3)17-23)47-40(48)31-6-5-7-35(38(31)41(47)49)46-36-18-26(32-21-44-14-12-28(32)20-42)8-10-29(36)30-11-9-27(19-37(30)46)33-22-45-15-13-34(33)43-4/h5-19,21-22H,1-3H3. The molecule has 0 atom stereocenters. The highest BCUT2D eigenvalue weighted by Gasteiger charge is 2.40. The summed E-state index contributed by atoms with van der Waals surface area (Å²) in [6.07, 6.45) is 6.54. The van der Waals surface area contributed by atoms with Crippen molar-refractivity contribution >= 4 is 45.0 Å². The molecule has 0 N–H and O–H groups in total. The Balaban J connectivity index is 1.44. The Morgan fingerprint density at radius 1 is 0.735 bits per heavy atom. The molecule has 8 heteroatoms. The molecule has 0 fully saturated rings. The van der Waals surface area contributed by atoms with E-state index in [4.69, 9.17) is 6.57 Å².